The van der Waals surface area contributed by atoms with Crippen molar-refractivity contribution in [2.24, 2.45) is 17.3 Å². The van der Waals surface area contributed by atoms with Crippen molar-refractivity contribution >= 4 is 34.8 Å². The van der Waals surface area contributed by atoms with Crippen LogP contribution in [0.25, 0.3) is 0 Å². The van der Waals surface area contributed by atoms with Crippen LogP contribution < -0.4 is 0 Å². The molecule has 4 nitrogen and oxygen atoms in total. The van der Waals surface area contributed by atoms with E-state index in [2.05, 4.69) is 0 Å². The summed E-state index contributed by atoms with van der Waals surface area (Å²) in [5.41, 5.74) is -0.454. The number of rotatable bonds is 4. The molecule has 1 saturated carbocycles. The van der Waals surface area contributed by atoms with Crippen molar-refractivity contribution in [1.82, 2.24) is 4.90 Å². The second-order valence-corrected chi connectivity index (χ2v) is 7.31. The third kappa shape index (κ3) is 2.62. The Morgan fingerprint density at radius 2 is 2.05 bits per heavy atom. The summed E-state index contributed by atoms with van der Waals surface area (Å²) >= 11 is 7.27. The predicted octanol–water partition coefficient (Wildman–Crippen LogP) is 2.72. The molecule has 0 aromatic carbocycles. The molecule has 1 aromatic heterocycles. The Morgan fingerprint density at radius 1 is 1.42 bits per heavy atom. The lowest BCUT2D eigenvalue weighted by molar-refractivity contribution is -0.141. The normalized spacial score (nSPS) is 24.0. The van der Waals surface area contributed by atoms with E-state index in [0.717, 1.165) is 4.88 Å². The van der Waals surface area contributed by atoms with Crippen molar-refractivity contribution in [2.75, 3.05) is 7.05 Å². The monoisotopic (exact) mass is 301 g/mol. The predicted molar refractivity (Wildman–Crippen MR) is 74.2 cm³/mol. The number of hydrogen-bond donors (Lipinski definition) is 1. The number of carbonyl (C=O) groups is 2. The zero-order valence-electron chi connectivity index (χ0n) is 11.0. The molecule has 0 saturated heterocycles. The minimum absolute atomic E-state index is 0.109. The maximum Gasteiger partial charge on any atom is 0.307 e. The number of carboxylic acid groups (broad SMARTS) is 1. The Kier molecular flexibility index (Phi) is 3.62. The van der Waals surface area contributed by atoms with E-state index in [1.807, 2.05) is 19.9 Å². The minimum atomic E-state index is -0.893. The molecule has 1 N–H and O–H groups in total. The number of halogens is 1. The average molecular weight is 302 g/mol. The first kappa shape index (κ1) is 14.3. The van der Waals surface area contributed by atoms with E-state index in [1.165, 1.54) is 11.3 Å². The van der Waals surface area contributed by atoms with Gasteiger partial charge >= 0.3 is 5.97 Å². The summed E-state index contributed by atoms with van der Waals surface area (Å²) in [7, 11) is 1.70. The Hall–Kier alpha value is -1.07. The van der Waals surface area contributed by atoms with Crippen LogP contribution in [0.4, 0.5) is 0 Å². The molecule has 1 aliphatic rings. The maximum absolute atomic E-state index is 12.3. The molecular weight excluding hydrogens is 286 g/mol. The number of nitrogens with zero attached hydrogens (tertiary/aromatic N) is 1. The van der Waals surface area contributed by atoms with E-state index in [-0.39, 0.29) is 5.91 Å². The summed E-state index contributed by atoms with van der Waals surface area (Å²) in [5, 5.41) is 9.10. The molecule has 0 aliphatic heterocycles. The molecular formula is C13H16ClNO3S. The van der Waals surface area contributed by atoms with Gasteiger partial charge < -0.3 is 10.0 Å². The van der Waals surface area contributed by atoms with Gasteiger partial charge in [-0.3, -0.25) is 9.59 Å². The van der Waals surface area contributed by atoms with Crippen LogP contribution >= 0.6 is 22.9 Å². The molecule has 2 atom stereocenters. The maximum atomic E-state index is 12.3. The number of amides is 1. The highest BCUT2D eigenvalue weighted by Gasteiger charge is 2.66. The standard InChI is InChI=1S/C13H16ClNO3S/c1-13(2)9(10(13)12(17)18)11(16)15(3)6-7-4-5-8(14)19-7/h4-5,9-10H,6H2,1-3H3,(H,17,18)/t9-,10+/m1/s1. The fourth-order valence-electron chi connectivity index (χ4n) is 2.55. The third-order valence-corrected chi connectivity index (χ3v) is 4.97. The SMILES string of the molecule is CN(Cc1ccc(Cl)s1)C(=O)[C@H]1[C@@H](C(=O)O)C1(C)C. The summed E-state index contributed by atoms with van der Waals surface area (Å²) in [6, 6.07) is 3.67. The van der Waals surface area contributed by atoms with Gasteiger partial charge in [0.15, 0.2) is 0 Å². The van der Waals surface area contributed by atoms with Crippen LogP contribution in [0.15, 0.2) is 12.1 Å². The van der Waals surface area contributed by atoms with Crippen LogP contribution in [0.3, 0.4) is 0 Å². The minimum Gasteiger partial charge on any atom is -0.481 e. The summed E-state index contributed by atoms with van der Waals surface area (Å²) < 4.78 is 0.686. The number of hydrogen-bond acceptors (Lipinski definition) is 3. The van der Waals surface area contributed by atoms with Gasteiger partial charge in [-0.2, -0.15) is 0 Å². The molecule has 0 bridgehead atoms. The molecule has 1 aliphatic carbocycles. The zero-order valence-corrected chi connectivity index (χ0v) is 12.6. The molecule has 0 radical (unpaired) electrons. The Bertz CT molecular complexity index is 526. The van der Waals surface area contributed by atoms with Gasteiger partial charge in [0.1, 0.15) is 0 Å². The Labute approximate surface area is 121 Å². The number of carboxylic acids is 1. The van der Waals surface area contributed by atoms with E-state index >= 15 is 0 Å². The molecule has 1 fully saturated rings. The quantitative estimate of drug-likeness (QED) is 0.930. The van der Waals surface area contributed by atoms with Crippen molar-refractivity contribution in [1.29, 1.82) is 0 Å². The topological polar surface area (TPSA) is 57.6 Å². The fraction of sp³-hybridized carbons (Fsp3) is 0.538. The molecule has 2 rings (SSSR count). The molecule has 6 heteroatoms. The molecule has 1 aromatic rings. The van der Waals surface area contributed by atoms with Crippen molar-refractivity contribution in [2.45, 2.75) is 20.4 Å². The van der Waals surface area contributed by atoms with E-state index in [9.17, 15) is 9.59 Å². The second-order valence-electron chi connectivity index (χ2n) is 5.52. The highest BCUT2D eigenvalue weighted by molar-refractivity contribution is 7.16. The number of aliphatic carboxylic acids is 1. The highest BCUT2D eigenvalue weighted by atomic mass is 35.5. The highest BCUT2D eigenvalue weighted by Crippen LogP contribution is 2.59. The summed E-state index contributed by atoms with van der Waals surface area (Å²) in [5.74, 6) is -2.00. The van der Waals surface area contributed by atoms with Gasteiger partial charge in [-0.15, -0.1) is 11.3 Å². The van der Waals surface area contributed by atoms with Crippen molar-refractivity contribution < 1.29 is 14.7 Å². The lowest BCUT2D eigenvalue weighted by Gasteiger charge is -2.17. The summed E-state index contributed by atoms with van der Waals surface area (Å²) in [6.45, 7) is 4.11. The van der Waals surface area contributed by atoms with Crippen LogP contribution in [0.5, 0.6) is 0 Å². The van der Waals surface area contributed by atoms with E-state index < -0.39 is 23.2 Å². The molecule has 104 valence electrons. The molecule has 0 unspecified atom stereocenters. The first-order valence-electron chi connectivity index (χ1n) is 5.97. The fourth-order valence-corrected chi connectivity index (χ4v) is 3.69. The number of carbonyl (C=O) groups excluding carboxylic acids is 1. The van der Waals surface area contributed by atoms with E-state index in [1.54, 1.807) is 18.0 Å². The largest absolute Gasteiger partial charge is 0.481 e. The molecule has 1 heterocycles. The van der Waals surface area contributed by atoms with Crippen LogP contribution in [0.2, 0.25) is 4.34 Å². The molecule has 1 amide bonds. The van der Waals surface area contributed by atoms with Crippen LogP contribution in [-0.2, 0) is 16.1 Å². The van der Waals surface area contributed by atoms with E-state index in [0.29, 0.717) is 10.9 Å². The first-order chi connectivity index (χ1) is 8.75. The van der Waals surface area contributed by atoms with Crippen molar-refractivity contribution in [3.05, 3.63) is 21.3 Å². The van der Waals surface area contributed by atoms with E-state index in [4.69, 9.17) is 16.7 Å². The summed E-state index contributed by atoms with van der Waals surface area (Å²) in [6.07, 6.45) is 0. The average Bonchev–Trinajstić information content (AvgIpc) is 2.63. The lowest BCUT2D eigenvalue weighted by atomic mass is 10.1. The first-order valence-corrected chi connectivity index (χ1v) is 7.16. The molecule has 0 spiro atoms. The van der Waals surface area contributed by atoms with Gasteiger partial charge in [0, 0.05) is 11.9 Å². The zero-order chi connectivity index (χ0) is 14.4. The van der Waals surface area contributed by atoms with Gasteiger partial charge in [0.25, 0.3) is 0 Å². The van der Waals surface area contributed by atoms with Crippen LogP contribution in [-0.4, -0.2) is 28.9 Å². The summed E-state index contributed by atoms with van der Waals surface area (Å²) in [4.78, 5) is 25.9. The van der Waals surface area contributed by atoms with Crippen molar-refractivity contribution in [3.63, 3.8) is 0 Å². The van der Waals surface area contributed by atoms with Gasteiger partial charge in [-0.1, -0.05) is 25.4 Å². The Balaban J connectivity index is 2.03. The number of thiophene rings is 1. The van der Waals surface area contributed by atoms with Crippen molar-refractivity contribution in [3.8, 4) is 0 Å². The van der Waals surface area contributed by atoms with Gasteiger partial charge in [0.2, 0.25) is 5.91 Å². The third-order valence-electron chi connectivity index (χ3n) is 3.76. The van der Waals surface area contributed by atoms with Gasteiger partial charge in [0.05, 0.1) is 22.7 Å². The lowest BCUT2D eigenvalue weighted by Crippen LogP contribution is -2.29. The second kappa shape index (κ2) is 4.80. The van der Waals surface area contributed by atoms with Gasteiger partial charge in [-0.25, -0.2) is 0 Å². The van der Waals surface area contributed by atoms with Crippen LogP contribution in [0.1, 0.15) is 18.7 Å². The Morgan fingerprint density at radius 3 is 2.47 bits per heavy atom. The smallest absolute Gasteiger partial charge is 0.307 e. The van der Waals surface area contributed by atoms with Crippen LogP contribution in [0, 0.1) is 17.3 Å². The van der Waals surface area contributed by atoms with Gasteiger partial charge in [-0.05, 0) is 17.5 Å². The molecule has 19 heavy (non-hydrogen) atoms.